The zero-order valence-electron chi connectivity index (χ0n) is 16.2. The molecule has 0 N–H and O–H groups in total. The van der Waals surface area contributed by atoms with Gasteiger partial charge in [-0.3, -0.25) is 0 Å². The first-order valence-corrected chi connectivity index (χ1v) is 10.9. The van der Waals surface area contributed by atoms with Gasteiger partial charge in [-0.05, 0) is 29.3 Å². The van der Waals surface area contributed by atoms with Crippen LogP contribution in [0.25, 0.3) is 0 Å². The number of hydrogen-bond donors (Lipinski definition) is 0. The van der Waals surface area contributed by atoms with Crippen LogP contribution in [0.4, 0.5) is 0 Å². The van der Waals surface area contributed by atoms with Gasteiger partial charge in [0.15, 0.2) is 5.90 Å². The van der Waals surface area contributed by atoms with Crippen molar-refractivity contribution in [3.8, 4) is 0 Å². The highest BCUT2D eigenvalue weighted by Gasteiger charge is 2.36. The third-order valence-electron chi connectivity index (χ3n) is 5.11. The molecule has 2 aromatic carbocycles. The fourth-order valence-corrected chi connectivity index (χ4v) is 6.04. The van der Waals surface area contributed by atoms with Crippen LogP contribution in [0.3, 0.4) is 0 Å². The zero-order chi connectivity index (χ0) is 18.9. The Morgan fingerprint density at radius 2 is 1.52 bits per heavy atom. The molecule has 2 unspecified atom stereocenters. The van der Waals surface area contributed by atoms with Gasteiger partial charge in [0.05, 0.1) is 12.0 Å². The van der Waals surface area contributed by atoms with Crippen molar-refractivity contribution in [1.29, 1.82) is 0 Å². The fourth-order valence-electron chi connectivity index (χ4n) is 3.50. The molecule has 2 aliphatic rings. The minimum Gasteiger partial charge on any atom is -0.478 e. The second-order valence-corrected chi connectivity index (χ2v) is 10.3. The van der Waals surface area contributed by atoms with Gasteiger partial charge in [0.1, 0.15) is 6.61 Å². The molecule has 4 rings (SSSR count). The lowest BCUT2D eigenvalue weighted by Gasteiger charge is -2.25. The fraction of sp³-hybridized carbons (Fsp3) is 0.292. The van der Waals surface area contributed by atoms with E-state index in [4.69, 9.17) is 9.73 Å². The summed E-state index contributed by atoms with van der Waals surface area (Å²) in [5.74, 6) is 1.03. The van der Waals surface area contributed by atoms with Crippen molar-refractivity contribution in [2.24, 2.45) is 16.3 Å². The highest BCUT2D eigenvalue weighted by atomic mass is 31.1. The van der Waals surface area contributed by atoms with Crippen molar-refractivity contribution in [1.82, 2.24) is 0 Å². The van der Waals surface area contributed by atoms with Crippen molar-refractivity contribution in [2.75, 3.05) is 6.61 Å². The van der Waals surface area contributed by atoms with Crippen molar-refractivity contribution in [3.05, 3.63) is 84.2 Å². The number of ether oxygens (including phenoxy) is 1. The molecule has 0 spiro atoms. The molecule has 0 amide bonds. The molecule has 0 saturated heterocycles. The SMILES string of the molecule is CC(C)(C)C1COC(C2C=CC=C2P(c2ccccc2)c2ccccc2)=N1. The summed E-state index contributed by atoms with van der Waals surface area (Å²) < 4.78 is 6.10. The molecule has 1 heterocycles. The third kappa shape index (κ3) is 3.77. The lowest BCUT2D eigenvalue weighted by Crippen LogP contribution is -2.25. The van der Waals surface area contributed by atoms with Crippen LogP contribution in [0.5, 0.6) is 0 Å². The smallest absolute Gasteiger partial charge is 0.195 e. The molecular formula is C24H26NOP. The van der Waals surface area contributed by atoms with Crippen molar-refractivity contribution in [2.45, 2.75) is 26.8 Å². The Morgan fingerprint density at radius 3 is 2.04 bits per heavy atom. The molecule has 1 aliphatic heterocycles. The summed E-state index contributed by atoms with van der Waals surface area (Å²) in [4.78, 5) is 4.97. The molecule has 0 radical (unpaired) electrons. The molecule has 3 heteroatoms. The monoisotopic (exact) mass is 375 g/mol. The molecule has 0 saturated carbocycles. The Labute approximate surface area is 163 Å². The normalized spacial score (nSPS) is 21.9. The second kappa shape index (κ2) is 7.44. The van der Waals surface area contributed by atoms with E-state index in [-0.39, 0.29) is 17.4 Å². The zero-order valence-corrected chi connectivity index (χ0v) is 17.1. The van der Waals surface area contributed by atoms with Gasteiger partial charge in [0.2, 0.25) is 0 Å². The Balaban J connectivity index is 1.71. The lowest BCUT2D eigenvalue weighted by atomic mass is 9.88. The standard InChI is InChI=1S/C24H26NOP/c1-24(2,3)22-17-26-23(25-22)20-15-10-16-21(20)27(18-11-6-4-7-12-18)19-13-8-5-9-14-19/h4-16,20,22H,17H2,1-3H3. The maximum atomic E-state index is 6.10. The van der Waals surface area contributed by atoms with Gasteiger partial charge in [-0.15, -0.1) is 0 Å². The first-order chi connectivity index (χ1) is 13.0. The Morgan fingerprint density at radius 1 is 0.926 bits per heavy atom. The minimum absolute atomic E-state index is 0.123. The average Bonchev–Trinajstić information content (AvgIpc) is 3.33. The van der Waals surface area contributed by atoms with E-state index in [1.807, 2.05) is 0 Å². The quantitative estimate of drug-likeness (QED) is 0.687. The number of hydrogen-bond acceptors (Lipinski definition) is 2. The first kappa shape index (κ1) is 18.2. The number of benzene rings is 2. The van der Waals surface area contributed by atoms with E-state index in [0.29, 0.717) is 6.61 Å². The van der Waals surface area contributed by atoms with Crippen LogP contribution in [0, 0.1) is 11.3 Å². The summed E-state index contributed by atoms with van der Waals surface area (Å²) in [5.41, 5.74) is 0.123. The molecule has 0 fully saturated rings. The maximum absolute atomic E-state index is 6.10. The third-order valence-corrected chi connectivity index (χ3v) is 7.69. The van der Waals surface area contributed by atoms with E-state index in [1.54, 1.807) is 0 Å². The van der Waals surface area contributed by atoms with Crippen molar-refractivity contribution < 1.29 is 4.74 Å². The van der Waals surface area contributed by atoms with Crippen LogP contribution < -0.4 is 10.6 Å². The van der Waals surface area contributed by atoms with Crippen LogP contribution in [0.2, 0.25) is 0 Å². The molecule has 2 nitrogen and oxygen atoms in total. The van der Waals surface area contributed by atoms with E-state index >= 15 is 0 Å². The van der Waals surface area contributed by atoms with Gasteiger partial charge < -0.3 is 4.74 Å². The van der Waals surface area contributed by atoms with E-state index < -0.39 is 7.92 Å². The largest absolute Gasteiger partial charge is 0.478 e. The van der Waals surface area contributed by atoms with Gasteiger partial charge in [0.25, 0.3) is 0 Å². The van der Waals surface area contributed by atoms with Gasteiger partial charge in [-0.2, -0.15) is 0 Å². The first-order valence-electron chi connectivity index (χ1n) is 9.53. The minimum atomic E-state index is -0.612. The van der Waals surface area contributed by atoms with Crippen LogP contribution >= 0.6 is 7.92 Å². The van der Waals surface area contributed by atoms with Gasteiger partial charge in [0, 0.05) is 0 Å². The van der Waals surface area contributed by atoms with Crippen molar-refractivity contribution in [3.63, 3.8) is 0 Å². The number of rotatable bonds is 4. The van der Waals surface area contributed by atoms with Gasteiger partial charge in [-0.1, -0.05) is 99.7 Å². The molecule has 27 heavy (non-hydrogen) atoms. The number of aliphatic imine (C=N–C) groups is 1. The van der Waals surface area contributed by atoms with E-state index in [0.717, 1.165) is 5.90 Å². The van der Waals surface area contributed by atoms with Crippen molar-refractivity contribution >= 4 is 24.4 Å². The average molecular weight is 375 g/mol. The summed E-state index contributed by atoms with van der Waals surface area (Å²) >= 11 is 0. The highest BCUT2D eigenvalue weighted by molar-refractivity contribution is 7.76. The summed E-state index contributed by atoms with van der Waals surface area (Å²) in [5, 5.41) is 4.13. The maximum Gasteiger partial charge on any atom is 0.195 e. The molecule has 0 bridgehead atoms. The summed E-state index contributed by atoms with van der Waals surface area (Å²) in [6.07, 6.45) is 6.67. The van der Waals surface area contributed by atoms with Crippen LogP contribution in [-0.2, 0) is 4.74 Å². The van der Waals surface area contributed by atoms with E-state index in [9.17, 15) is 0 Å². The topological polar surface area (TPSA) is 21.6 Å². The highest BCUT2D eigenvalue weighted by Crippen LogP contribution is 2.50. The predicted molar refractivity (Wildman–Crippen MR) is 116 cm³/mol. The number of allylic oxidation sites excluding steroid dienone is 2. The predicted octanol–water partition coefficient (Wildman–Crippen LogP) is 5.03. The Hall–Kier alpha value is -2.18. The summed E-state index contributed by atoms with van der Waals surface area (Å²) in [7, 11) is -0.612. The molecule has 138 valence electrons. The summed E-state index contributed by atoms with van der Waals surface area (Å²) in [6, 6.07) is 21.9. The molecule has 2 atom stereocenters. The second-order valence-electron chi connectivity index (χ2n) is 8.12. The van der Waals surface area contributed by atoms with Gasteiger partial charge in [-0.25, -0.2) is 4.99 Å². The van der Waals surface area contributed by atoms with Crippen LogP contribution in [-0.4, -0.2) is 18.5 Å². The molecular weight excluding hydrogens is 349 g/mol. The molecule has 2 aromatic rings. The Bertz CT molecular complexity index is 838. The van der Waals surface area contributed by atoms with E-state index in [1.165, 1.54) is 15.9 Å². The number of nitrogens with zero attached hydrogens (tertiary/aromatic N) is 1. The van der Waals surface area contributed by atoms with E-state index in [2.05, 4.69) is 99.7 Å². The van der Waals surface area contributed by atoms with Gasteiger partial charge >= 0.3 is 0 Å². The van der Waals surface area contributed by atoms with Crippen LogP contribution in [0.15, 0.2) is 89.2 Å². The molecule has 0 aromatic heterocycles. The molecule has 1 aliphatic carbocycles. The van der Waals surface area contributed by atoms with Crippen LogP contribution in [0.1, 0.15) is 20.8 Å². The lowest BCUT2D eigenvalue weighted by molar-refractivity contribution is 0.232. The Kier molecular flexibility index (Phi) is 5.02. The summed E-state index contributed by atoms with van der Waals surface area (Å²) in [6.45, 7) is 7.38.